The van der Waals surface area contributed by atoms with E-state index in [9.17, 15) is 0 Å². The van der Waals surface area contributed by atoms with Crippen molar-refractivity contribution in [3.63, 3.8) is 0 Å². The van der Waals surface area contributed by atoms with Crippen molar-refractivity contribution < 1.29 is 0 Å². The summed E-state index contributed by atoms with van der Waals surface area (Å²) in [5.41, 5.74) is 14.0. The van der Waals surface area contributed by atoms with E-state index in [1.807, 2.05) is 0 Å². The zero-order valence-corrected chi connectivity index (χ0v) is 31.8. The fourth-order valence-electron chi connectivity index (χ4n) is 8.82. The fraction of sp³-hybridized carbons (Fsp3) is 0. The molecule has 0 atom stereocenters. The Labute approximate surface area is 338 Å². The van der Waals surface area contributed by atoms with Gasteiger partial charge in [-0.15, -0.1) is 0 Å². The maximum atomic E-state index is 2.39. The van der Waals surface area contributed by atoms with Crippen LogP contribution in [0.25, 0.3) is 82.4 Å². The Bertz CT molecular complexity index is 3270. The number of aromatic nitrogens is 1. The average molecular weight is 739 g/mol. The van der Waals surface area contributed by atoms with Gasteiger partial charge < -0.3 is 9.47 Å². The molecular weight excluding hydrogens is 701 g/mol. The van der Waals surface area contributed by atoms with Gasteiger partial charge in [0.05, 0.1) is 11.0 Å². The zero-order valence-electron chi connectivity index (χ0n) is 31.8. The van der Waals surface area contributed by atoms with Gasteiger partial charge in [0.15, 0.2) is 0 Å². The molecule has 10 aromatic carbocycles. The van der Waals surface area contributed by atoms with E-state index in [1.54, 1.807) is 0 Å². The van der Waals surface area contributed by atoms with Crippen molar-refractivity contribution in [2.24, 2.45) is 0 Å². The summed E-state index contributed by atoms with van der Waals surface area (Å²) in [6.07, 6.45) is 0. The minimum absolute atomic E-state index is 1.10. The molecule has 0 spiro atoms. The highest BCUT2D eigenvalue weighted by molar-refractivity contribution is 6.12. The molecule has 2 nitrogen and oxygen atoms in total. The molecule has 0 aliphatic heterocycles. The molecule has 0 N–H and O–H groups in total. The molecule has 1 heterocycles. The van der Waals surface area contributed by atoms with Crippen molar-refractivity contribution in [3.8, 4) is 39.1 Å². The summed E-state index contributed by atoms with van der Waals surface area (Å²) in [6.45, 7) is 0. The molecule has 0 bridgehead atoms. The second-order valence-electron chi connectivity index (χ2n) is 15.0. The Morgan fingerprint density at radius 1 is 0.276 bits per heavy atom. The predicted octanol–water partition coefficient (Wildman–Crippen LogP) is 15.6. The van der Waals surface area contributed by atoms with E-state index >= 15 is 0 Å². The Balaban J connectivity index is 1.03. The van der Waals surface area contributed by atoms with Crippen LogP contribution in [0, 0.1) is 0 Å². The molecule has 0 aliphatic carbocycles. The third-order valence-corrected chi connectivity index (χ3v) is 11.6. The molecule has 0 unspecified atom stereocenters. The summed E-state index contributed by atoms with van der Waals surface area (Å²) < 4.78 is 2.37. The van der Waals surface area contributed by atoms with E-state index in [2.05, 4.69) is 240 Å². The summed E-state index contributed by atoms with van der Waals surface area (Å²) in [5, 5.41) is 7.57. The van der Waals surface area contributed by atoms with Crippen LogP contribution in [0.5, 0.6) is 0 Å². The topological polar surface area (TPSA) is 8.17 Å². The lowest BCUT2D eigenvalue weighted by atomic mass is 9.94. The van der Waals surface area contributed by atoms with Gasteiger partial charge in [0.25, 0.3) is 0 Å². The van der Waals surface area contributed by atoms with Gasteiger partial charge in [-0.05, 0) is 122 Å². The molecular formula is C56H38N2. The Hall–Kier alpha value is -7.68. The first-order chi connectivity index (χ1) is 28.8. The summed E-state index contributed by atoms with van der Waals surface area (Å²) >= 11 is 0. The van der Waals surface area contributed by atoms with Crippen LogP contribution in [0.15, 0.2) is 231 Å². The molecule has 272 valence electrons. The summed E-state index contributed by atoms with van der Waals surface area (Å²) in [7, 11) is 0. The van der Waals surface area contributed by atoms with E-state index in [0.29, 0.717) is 0 Å². The van der Waals surface area contributed by atoms with E-state index in [0.717, 1.165) is 22.7 Å². The molecule has 2 heteroatoms. The van der Waals surface area contributed by atoms with Gasteiger partial charge in [-0.1, -0.05) is 164 Å². The smallest absolute Gasteiger partial charge is 0.0541 e. The van der Waals surface area contributed by atoms with Crippen LogP contribution in [0.2, 0.25) is 0 Å². The number of nitrogens with zero attached hydrogens (tertiary/aromatic N) is 2. The third kappa shape index (κ3) is 5.82. The normalized spacial score (nSPS) is 11.4. The maximum absolute atomic E-state index is 2.39. The van der Waals surface area contributed by atoms with Gasteiger partial charge in [0, 0.05) is 33.5 Å². The van der Waals surface area contributed by atoms with Crippen LogP contribution < -0.4 is 4.90 Å². The molecule has 1 aromatic heterocycles. The number of para-hydroxylation sites is 2. The lowest BCUT2D eigenvalue weighted by Crippen LogP contribution is -2.10. The highest BCUT2D eigenvalue weighted by Crippen LogP contribution is 2.41. The number of fused-ring (bicyclic) bond motifs is 6. The fourth-order valence-corrected chi connectivity index (χ4v) is 8.82. The SMILES string of the molecule is c1ccc(-c2cccc(N(c3ccc(-c4cccc5c4ccc4ccccc45)cc3)c3cccc(-c4ccc5c(c4)c4ccccc4n5-c4ccccc4)c3)c2)cc1. The summed E-state index contributed by atoms with van der Waals surface area (Å²) in [5.74, 6) is 0. The van der Waals surface area contributed by atoms with E-state index in [4.69, 9.17) is 0 Å². The van der Waals surface area contributed by atoms with E-state index in [-0.39, 0.29) is 0 Å². The van der Waals surface area contributed by atoms with E-state index < -0.39 is 0 Å². The van der Waals surface area contributed by atoms with Gasteiger partial charge in [0.2, 0.25) is 0 Å². The molecule has 0 saturated carbocycles. The molecule has 58 heavy (non-hydrogen) atoms. The lowest BCUT2D eigenvalue weighted by Gasteiger charge is -2.27. The van der Waals surface area contributed by atoms with Gasteiger partial charge in [-0.2, -0.15) is 0 Å². The van der Waals surface area contributed by atoms with Crippen molar-refractivity contribution in [1.29, 1.82) is 0 Å². The largest absolute Gasteiger partial charge is 0.310 e. The first kappa shape index (κ1) is 33.6. The van der Waals surface area contributed by atoms with Gasteiger partial charge in [-0.3, -0.25) is 0 Å². The summed E-state index contributed by atoms with van der Waals surface area (Å²) in [6, 6.07) is 83.7. The zero-order chi connectivity index (χ0) is 38.4. The Morgan fingerprint density at radius 3 is 1.62 bits per heavy atom. The second kappa shape index (κ2) is 14.1. The first-order valence-electron chi connectivity index (χ1n) is 19.9. The molecule has 0 fully saturated rings. The van der Waals surface area contributed by atoms with Gasteiger partial charge >= 0.3 is 0 Å². The Kier molecular flexibility index (Phi) is 8.19. The van der Waals surface area contributed by atoms with Crippen LogP contribution in [-0.4, -0.2) is 4.57 Å². The van der Waals surface area contributed by atoms with E-state index in [1.165, 1.54) is 76.7 Å². The second-order valence-corrected chi connectivity index (χ2v) is 15.0. The van der Waals surface area contributed by atoms with Gasteiger partial charge in [-0.25, -0.2) is 0 Å². The number of rotatable bonds is 7. The average Bonchev–Trinajstić information content (AvgIpc) is 3.64. The van der Waals surface area contributed by atoms with Crippen LogP contribution in [-0.2, 0) is 0 Å². The molecule has 11 rings (SSSR count). The molecule has 0 aliphatic rings. The number of hydrogen-bond acceptors (Lipinski definition) is 1. The minimum Gasteiger partial charge on any atom is -0.310 e. The maximum Gasteiger partial charge on any atom is 0.0541 e. The van der Waals surface area contributed by atoms with Crippen molar-refractivity contribution >= 4 is 60.4 Å². The minimum atomic E-state index is 1.10. The van der Waals surface area contributed by atoms with Crippen LogP contribution in [0.4, 0.5) is 17.1 Å². The lowest BCUT2D eigenvalue weighted by molar-refractivity contribution is 1.18. The third-order valence-electron chi connectivity index (χ3n) is 11.6. The standard InChI is InChI=1S/C56H38N2/c1-3-14-39(15-4-1)42-17-11-21-47(36-42)57(46-32-28-41(29-33-46)50-25-13-26-51-49-23-8-7-16-40(49)30-34-52(50)51)48-22-12-18-43(37-48)44-31-35-56-54(38-44)53-24-9-10-27-55(53)58(56)45-19-5-2-6-20-45/h1-38H. The van der Waals surface area contributed by atoms with Crippen LogP contribution in [0.3, 0.4) is 0 Å². The van der Waals surface area contributed by atoms with Crippen LogP contribution >= 0.6 is 0 Å². The predicted molar refractivity (Wildman–Crippen MR) is 247 cm³/mol. The van der Waals surface area contributed by atoms with Crippen molar-refractivity contribution in [2.75, 3.05) is 4.90 Å². The summed E-state index contributed by atoms with van der Waals surface area (Å²) in [4.78, 5) is 2.39. The molecule has 11 aromatic rings. The molecule has 0 radical (unpaired) electrons. The molecule has 0 amide bonds. The van der Waals surface area contributed by atoms with Crippen molar-refractivity contribution in [2.45, 2.75) is 0 Å². The molecule has 0 saturated heterocycles. The van der Waals surface area contributed by atoms with Crippen molar-refractivity contribution in [1.82, 2.24) is 4.57 Å². The Morgan fingerprint density at radius 2 is 0.845 bits per heavy atom. The van der Waals surface area contributed by atoms with Crippen LogP contribution in [0.1, 0.15) is 0 Å². The highest BCUT2D eigenvalue weighted by atomic mass is 15.1. The monoisotopic (exact) mass is 738 g/mol. The number of anilines is 3. The number of hydrogen-bond donors (Lipinski definition) is 0. The first-order valence-corrected chi connectivity index (χ1v) is 19.9. The van der Waals surface area contributed by atoms with Gasteiger partial charge in [0.1, 0.15) is 0 Å². The highest BCUT2D eigenvalue weighted by Gasteiger charge is 2.17. The van der Waals surface area contributed by atoms with Crippen molar-refractivity contribution in [3.05, 3.63) is 231 Å². The quantitative estimate of drug-likeness (QED) is 0.148. The number of benzene rings is 10.